The van der Waals surface area contributed by atoms with Gasteiger partial charge in [-0.15, -0.1) is 11.8 Å². The van der Waals surface area contributed by atoms with Gasteiger partial charge in [-0.3, -0.25) is 4.79 Å². The highest BCUT2D eigenvalue weighted by molar-refractivity contribution is 7.99. The molecule has 1 aromatic heterocycles. The molecule has 0 atom stereocenters. The van der Waals surface area contributed by atoms with E-state index < -0.39 is 0 Å². The predicted octanol–water partition coefficient (Wildman–Crippen LogP) is 4.13. The van der Waals surface area contributed by atoms with Crippen molar-refractivity contribution >= 4 is 17.7 Å². The number of carbonyl (C=O) groups excluding carboxylic acids is 1. The number of furan rings is 1. The summed E-state index contributed by atoms with van der Waals surface area (Å²) in [7, 11) is 0. The smallest absolute Gasteiger partial charge is 0.230 e. The minimum Gasteiger partial charge on any atom is -0.467 e. The maximum atomic E-state index is 11.7. The van der Waals surface area contributed by atoms with E-state index in [1.165, 1.54) is 11.1 Å². The molecule has 0 aliphatic carbocycles. The number of hydrogen-bond donors (Lipinski definition) is 1. The van der Waals surface area contributed by atoms with Crippen molar-refractivity contribution < 1.29 is 9.21 Å². The van der Waals surface area contributed by atoms with Crippen LogP contribution in [0.3, 0.4) is 0 Å². The summed E-state index contributed by atoms with van der Waals surface area (Å²) in [6.45, 7) is 7.08. The summed E-state index contributed by atoms with van der Waals surface area (Å²) in [6.07, 6.45) is 1.61. The number of hydrogen-bond acceptors (Lipinski definition) is 3. The van der Waals surface area contributed by atoms with Crippen molar-refractivity contribution in [2.75, 3.05) is 5.75 Å². The molecule has 1 aromatic carbocycles. The minimum atomic E-state index is 0.0349. The van der Waals surface area contributed by atoms with Crippen LogP contribution in [0.5, 0.6) is 0 Å². The summed E-state index contributed by atoms with van der Waals surface area (Å²) in [4.78, 5) is 11.7. The Bertz CT molecular complexity index is 583. The summed E-state index contributed by atoms with van der Waals surface area (Å²) >= 11 is 1.62. The van der Waals surface area contributed by atoms with Crippen LogP contribution in [-0.2, 0) is 22.5 Å². The Hall–Kier alpha value is -1.68. The monoisotopic (exact) mass is 317 g/mol. The lowest BCUT2D eigenvalue weighted by molar-refractivity contribution is -0.118. The summed E-state index contributed by atoms with van der Waals surface area (Å²) in [5.74, 6) is 2.11. The number of benzene rings is 1. The van der Waals surface area contributed by atoms with Crippen molar-refractivity contribution in [3.63, 3.8) is 0 Å². The van der Waals surface area contributed by atoms with Gasteiger partial charge in [0, 0.05) is 5.75 Å². The molecule has 2 rings (SSSR count). The van der Waals surface area contributed by atoms with Gasteiger partial charge >= 0.3 is 0 Å². The lowest BCUT2D eigenvalue weighted by atomic mass is 9.87. The zero-order chi connectivity index (χ0) is 16.0. The molecule has 0 aliphatic heterocycles. The summed E-state index contributed by atoms with van der Waals surface area (Å²) in [5, 5.41) is 2.85. The van der Waals surface area contributed by atoms with Crippen LogP contribution in [0.1, 0.15) is 37.7 Å². The SMILES string of the molecule is CC(C)(C)c1ccc(CSCC(=O)NCc2ccco2)cc1. The molecule has 3 nitrogen and oxygen atoms in total. The number of thioether (sulfide) groups is 1. The van der Waals surface area contributed by atoms with E-state index in [0.717, 1.165) is 11.5 Å². The highest BCUT2D eigenvalue weighted by Gasteiger charge is 2.12. The van der Waals surface area contributed by atoms with Gasteiger partial charge in [0.05, 0.1) is 18.6 Å². The Kier molecular flexibility index (Phi) is 5.72. The molecule has 1 heterocycles. The second kappa shape index (κ2) is 7.54. The Morgan fingerprint density at radius 1 is 1.18 bits per heavy atom. The average molecular weight is 317 g/mol. The fourth-order valence-electron chi connectivity index (χ4n) is 2.01. The molecule has 0 unspecified atom stereocenters. The van der Waals surface area contributed by atoms with Crippen molar-refractivity contribution in [1.29, 1.82) is 0 Å². The maximum Gasteiger partial charge on any atom is 0.230 e. The van der Waals surface area contributed by atoms with Gasteiger partial charge in [-0.05, 0) is 28.7 Å². The van der Waals surface area contributed by atoms with E-state index in [-0.39, 0.29) is 11.3 Å². The molecule has 0 fully saturated rings. The van der Waals surface area contributed by atoms with Gasteiger partial charge in [-0.25, -0.2) is 0 Å². The Labute approximate surface area is 136 Å². The standard InChI is InChI=1S/C18H23NO2S/c1-18(2,3)15-8-6-14(7-9-15)12-22-13-17(20)19-11-16-5-4-10-21-16/h4-10H,11-13H2,1-3H3,(H,19,20). The lowest BCUT2D eigenvalue weighted by Gasteiger charge is -2.19. The first kappa shape index (κ1) is 16.7. The van der Waals surface area contributed by atoms with Crippen LogP contribution in [0.25, 0.3) is 0 Å². The molecule has 0 radical (unpaired) electrons. The van der Waals surface area contributed by atoms with E-state index in [1.807, 2.05) is 12.1 Å². The molecule has 2 aromatic rings. The molecule has 0 saturated carbocycles. The molecule has 0 bridgehead atoms. The summed E-state index contributed by atoms with van der Waals surface area (Å²) in [5.41, 5.74) is 2.76. The van der Waals surface area contributed by atoms with Gasteiger partial charge in [-0.2, -0.15) is 0 Å². The first-order valence-corrected chi connectivity index (χ1v) is 8.57. The molecular formula is C18H23NO2S. The van der Waals surface area contributed by atoms with Crippen LogP contribution >= 0.6 is 11.8 Å². The van der Waals surface area contributed by atoms with Crippen LogP contribution in [-0.4, -0.2) is 11.7 Å². The van der Waals surface area contributed by atoms with E-state index in [4.69, 9.17) is 4.42 Å². The van der Waals surface area contributed by atoms with Crippen molar-refractivity contribution in [2.24, 2.45) is 0 Å². The first-order chi connectivity index (χ1) is 10.4. The number of rotatable bonds is 6. The van der Waals surface area contributed by atoms with Crippen molar-refractivity contribution in [3.8, 4) is 0 Å². The third-order valence-electron chi connectivity index (χ3n) is 3.36. The van der Waals surface area contributed by atoms with Gasteiger partial charge in [0.25, 0.3) is 0 Å². The van der Waals surface area contributed by atoms with E-state index >= 15 is 0 Å². The molecular weight excluding hydrogens is 294 g/mol. The van der Waals surface area contributed by atoms with Crippen LogP contribution in [0.2, 0.25) is 0 Å². The average Bonchev–Trinajstić information content (AvgIpc) is 2.98. The van der Waals surface area contributed by atoms with Gasteiger partial charge in [0.1, 0.15) is 5.76 Å². The second-order valence-electron chi connectivity index (χ2n) is 6.30. The van der Waals surface area contributed by atoms with E-state index in [1.54, 1.807) is 18.0 Å². The molecule has 0 spiro atoms. The zero-order valence-electron chi connectivity index (χ0n) is 13.4. The molecule has 0 aliphatic rings. The summed E-state index contributed by atoms with van der Waals surface area (Å²) in [6, 6.07) is 12.3. The van der Waals surface area contributed by atoms with Gasteiger partial charge in [0.2, 0.25) is 5.91 Å². The highest BCUT2D eigenvalue weighted by Crippen LogP contribution is 2.23. The highest BCUT2D eigenvalue weighted by atomic mass is 32.2. The van der Waals surface area contributed by atoms with Crippen molar-refractivity contribution in [1.82, 2.24) is 5.32 Å². The fourth-order valence-corrected chi connectivity index (χ4v) is 2.83. The Balaban J connectivity index is 1.70. The first-order valence-electron chi connectivity index (χ1n) is 7.41. The van der Waals surface area contributed by atoms with Crippen LogP contribution in [0.4, 0.5) is 0 Å². The van der Waals surface area contributed by atoms with E-state index in [9.17, 15) is 4.79 Å². The Morgan fingerprint density at radius 3 is 2.50 bits per heavy atom. The molecule has 1 N–H and O–H groups in total. The summed E-state index contributed by atoms with van der Waals surface area (Å²) < 4.78 is 5.17. The van der Waals surface area contributed by atoms with Crippen LogP contribution in [0, 0.1) is 0 Å². The predicted molar refractivity (Wildman–Crippen MR) is 91.9 cm³/mol. The normalized spacial score (nSPS) is 11.4. The molecule has 1 amide bonds. The van der Waals surface area contributed by atoms with E-state index in [2.05, 4.69) is 50.4 Å². The molecule has 118 valence electrons. The number of amides is 1. The quantitative estimate of drug-likeness (QED) is 0.871. The van der Waals surface area contributed by atoms with Crippen molar-refractivity contribution in [3.05, 3.63) is 59.5 Å². The zero-order valence-corrected chi connectivity index (χ0v) is 14.2. The fraction of sp³-hybridized carbons (Fsp3) is 0.389. The molecule has 22 heavy (non-hydrogen) atoms. The van der Waals surface area contributed by atoms with E-state index in [0.29, 0.717) is 12.3 Å². The third kappa shape index (κ3) is 5.26. The lowest BCUT2D eigenvalue weighted by Crippen LogP contribution is -2.24. The second-order valence-corrected chi connectivity index (χ2v) is 7.28. The molecule has 4 heteroatoms. The Morgan fingerprint density at radius 2 is 1.91 bits per heavy atom. The number of carbonyl (C=O) groups is 1. The van der Waals surface area contributed by atoms with Crippen molar-refractivity contribution in [2.45, 2.75) is 38.5 Å². The van der Waals surface area contributed by atoms with Gasteiger partial charge in [0.15, 0.2) is 0 Å². The minimum absolute atomic E-state index is 0.0349. The van der Waals surface area contributed by atoms with Crippen LogP contribution in [0.15, 0.2) is 47.1 Å². The molecule has 0 saturated heterocycles. The van der Waals surface area contributed by atoms with Gasteiger partial charge in [-0.1, -0.05) is 45.0 Å². The topological polar surface area (TPSA) is 42.2 Å². The van der Waals surface area contributed by atoms with Crippen LogP contribution < -0.4 is 5.32 Å². The number of nitrogens with one attached hydrogen (secondary N) is 1. The maximum absolute atomic E-state index is 11.7. The third-order valence-corrected chi connectivity index (χ3v) is 4.37. The van der Waals surface area contributed by atoms with Gasteiger partial charge < -0.3 is 9.73 Å². The largest absolute Gasteiger partial charge is 0.467 e.